The van der Waals surface area contributed by atoms with E-state index in [9.17, 15) is 18.3 Å². The summed E-state index contributed by atoms with van der Waals surface area (Å²) in [7, 11) is 0. The van der Waals surface area contributed by atoms with Crippen molar-refractivity contribution in [2.24, 2.45) is 5.41 Å². The molecule has 0 amide bonds. The molecule has 8 heteroatoms. The van der Waals surface area contributed by atoms with Gasteiger partial charge in [0.1, 0.15) is 5.60 Å². The highest BCUT2D eigenvalue weighted by Gasteiger charge is 2.43. The normalized spacial score (nSPS) is 15.3. The zero-order valence-corrected chi connectivity index (χ0v) is 15.7. The molecule has 1 unspecified atom stereocenters. The predicted molar refractivity (Wildman–Crippen MR) is 92.6 cm³/mol. The highest BCUT2D eigenvalue weighted by molar-refractivity contribution is 7.99. The maximum Gasteiger partial charge on any atom is 0.416 e. The van der Waals surface area contributed by atoms with Crippen molar-refractivity contribution in [1.82, 2.24) is 4.98 Å². The molecule has 1 aromatic carbocycles. The largest absolute Gasteiger partial charge is 0.416 e. The van der Waals surface area contributed by atoms with Gasteiger partial charge in [0, 0.05) is 16.8 Å². The number of aromatic nitrogens is 1. The molecular weight excluding hydrogens is 379 g/mol. The Balaban J connectivity index is 2.31. The van der Waals surface area contributed by atoms with Crippen molar-refractivity contribution in [3.63, 3.8) is 0 Å². The third-order valence-corrected chi connectivity index (χ3v) is 6.35. The first-order valence-corrected chi connectivity index (χ1v) is 9.30. The molecule has 0 spiro atoms. The van der Waals surface area contributed by atoms with Crippen LogP contribution in [0, 0.1) is 5.41 Å². The van der Waals surface area contributed by atoms with Gasteiger partial charge < -0.3 is 5.11 Å². The topological polar surface area (TPSA) is 33.1 Å². The lowest BCUT2D eigenvalue weighted by Gasteiger charge is -2.39. The van der Waals surface area contributed by atoms with E-state index in [1.165, 1.54) is 17.4 Å². The Hall–Kier alpha value is -0.760. The van der Waals surface area contributed by atoms with Crippen molar-refractivity contribution in [3.05, 3.63) is 45.4 Å². The molecule has 1 heterocycles. The van der Waals surface area contributed by atoms with E-state index >= 15 is 0 Å². The molecule has 0 saturated carbocycles. The molecule has 0 bridgehead atoms. The number of rotatable bonds is 4. The van der Waals surface area contributed by atoms with Crippen LogP contribution in [0.3, 0.4) is 0 Å². The van der Waals surface area contributed by atoms with Crippen LogP contribution in [0.25, 0.3) is 0 Å². The molecule has 1 atom stereocenters. The highest BCUT2D eigenvalue weighted by Crippen LogP contribution is 2.45. The van der Waals surface area contributed by atoms with Crippen LogP contribution in [0.2, 0.25) is 5.02 Å². The molecule has 2 aromatic rings. The molecular formula is C16H17ClF3NOS2. The number of thiazole rings is 1. The fraction of sp³-hybridized carbons (Fsp3) is 0.438. The first kappa shape index (κ1) is 19.6. The second-order valence-electron chi connectivity index (χ2n) is 6.41. The third-order valence-electron chi connectivity index (χ3n) is 3.78. The van der Waals surface area contributed by atoms with Crippen molar-refractivity contribution in [2.75, 3.05) is 5.75 Å². The number of alkyl halides is 3. The minimum absolute atomic E-state index is 0.166. The molecule has 2 rings (SSSR count). The van der Waals surface area contributed by atoms with Gasteiger partial charge in [0.2, 0.25) is 0 Å². The molecule has 132 valence electrons. The molecule has 0 aliphatic rings. The molecule has 0 aliphatic heterocycles. The average molecular weight is 396 g/mol. The van der Waals surface area contributed by atoms with Gasteiger partial charge in [-0.05, 0) is 23.6 Å². The minimum Gasteiger partial charge on any atom is -0.383 e. The standard InChI is InChI=1S/C16H17ClF3NOS2/c1-14(2,3)15(22,13-7-21-9-24-13)8-23-12-6-10(16(18,19)20)4-5-11(12)17/h4-7,9,22H,8H2,1-3H3. The number of hydrogen-bond donors (Lipinski definition) is 1. The third kappa shape index (κ3) is 4.07. The highest BCUT2D eigenvalue weighted by atomic mass is 35.5. The smallest absolute Gasteiger partial charge is 0.383 e. The molecule has 1 N–H and O–H groups in total. The van der Waals surface area contributed by atoms with Crippen LogP contribution in [0.5, 0.6) is 0 Å². The van der Waals surface area contributed by atoms with E-state index in [1.807, 2.05) is 20.8 Å². The summed E-state index contributed by atoms with van der Waals surface area (Å²) < 4.78 is 38.6. The molecule has 0 radical (unpaired) electrons. The van der Waals surface area contributed by atoms with E-state index in [0.717, 1.165) is 23.9 Å². The van der Waals surface area contributed by atoms with Crippen molar-refractivity contribution < 1.29 is 18.3 Å². The van der Waals surface area contributed by atoms with Gasteiger partial charge >= 0.3 is 6.18 Å². The summed E-state index contributed by atoms with van der Waals surface area (Å²) in [4.78, 5) is 4.96. The maximum absolute atomic E-state index is 12.9. The summed E-state index contributed by atoms with van der Waals surface area (Å²) in [6.45, 7) is 5.63. The lowest BCUT2D eigenvalue weighted by atomic mass is 9.77. The summed E-state index contributed by atoms with van der Waals surface area (Å²) in [5, 5.41) is 11.4. The van der Waals surface area contributed by atoms with Crippen molar-refractivity contribution in [2.45, 2.75) is 37.4 Å². The van der Waals surface area contributed by atoms with E-state index in [4.69, 9.17) is 11.6 Å². The van der Waals surface area contributed by atoms with Gasteiger partial charge in [-0.15, -0.1) is 23.1 Å². The van der Waals surface area contributed by atoms with E-state index in [-0.39, 0.29) is 10.8 Å². The molecule has 0 aliphatic carbocycles. The maximum atomic E-state index is 12.9. The minimum atomic E-state index is -4.43. The predicted octanol–water partition coefficient (Wildman–Crippen LogP) is 5.84. The lowest BCUT2D eigenvalue weighted by Crippen LogP contribution is -2.41. The molecule has 24 heavy (non-hydrogen) atoms. The Morgan fingerprint density at radius 3 is 2.42 bits per heavy atom. The number of benzene rings is 1. The summed E-state index contributed by atoms with van der Waals surface area (Å²) in [6.07, 6.45) is -2.85. The SMILES string of the molecule is CC(C)(C)C(O)(CSc1cc(C(F)(F)F)ccc1Cl)c1cncs1. The second-order valence-corrected chi connectivity index (χ2v) is 8.72. The number of halogens is 4. The molecule has 1 aromatic heterocycles. The fourth-order valence-corrected chi connectivity index (χ4v) is 4.72. The molecule has 2 nitrogen and oxygen atoms in total. The fourth-order valence-electron chi connectivity index (χ4n) is 2.05. The number of hydrogen-bond acceptors (Lipinski definition) is 4. The van der Waals surface area contributed by atoms with Crippen molar-refractivity contribution in [3.8, 4) is 0 Å². The van der Waals surface area contributed by atoms with Gasteiger partial charge in [0.25, 0.3) is 0 Å². The van der Waals surface area contributed by atoms with Crippen LogP contribution in [-0.2, 0) is 11.8 Å². The number of nitrogens with zero attached hydrogens (tertiary/aromatic N) is 1. The first-order chi connectivity index (χ1) is 10.9. The lowest BCUT2D eigenvalue weighted by molar-refractivity contribution is -0.137. The van der Waals surface area contributed by atoms with E-state index in [0.29, 0.717) is 9.77 Å². The van der Waals surface area contributed by atoms with E-state index in [2.05, 4.69) is 4.98 Å². The monoisotopic (exact) mass is 395 g/mol. The summed E-state index contributed by atoms with van der Waals surface area (Å²) in [5.41, 5.74) is -0.906. The number of thioether (sulfide) groups is 1. The van der Waals surface area contributed by atoms with E-state index in [1.54, 1.807) is 11.7 Å². The van der Waals surface area contributed by atoms with Gasteiger partial charge in [0.15, 0.2) is 0 Å². The van der Waals surface area contributed by atoms with Crippen LogP contribution >= 0.6 is 34.7 Å². The van der Waals surface area contributed by atoms with Crippen molar-refractivity contribution >= 4 is 34.7 Å². The summed E-state index contributed by atoms with van der Waals surface area (Å²) in [5.74, 6) is 0.166. The Kier molecular flexibility index (Phi) is 5.59. The zero-order chi connectivity index (χ0) is 18.2. The molecule has 0 saturated heterocycles. The Morgan fingerprint density at radius 2 is 1.92 bits per heavy atom. The summed E-state index contributed by atoms with van der Waals surface area (Å²) in [6, 6.07) is 3.20. The van der Waals surface area contributed by atoms with Gasteiger partial charge in [-0.1, -0.05) is 32.4 Å². The van der Waals surface area contributed by atoms with Crippen LogP contribution in [-0.4, -0.2) is 15.8 Å². The van der Waals surface area contributed by atoms with Gasteiger partial charge in [0.05, 0.1) is 21.0 Å². The summed E-state index contributed by atoms with van der Waals surface area (Å²) >= 11 is 8.46. The second kappa shape index (κ2) is 6.86. The zero-order valence-electron chi connectivity index (χ0n) is 13.3. The van der Waals surface area contributed by atoms with E-state index < -0.39 is 22.8 Å². The average Bonchev–Trinajstić information content (AvgIpc) is 2.98. The van der Waals surface area contributed by atoms with Gasteiger partial charge in [-0.25, -0.2) is 0 Å². The quantitative estimate of drug-likeness (QED) is 0.660. The van der Waals surface area contributed by atoms with Gasteiger partial charge in [-0.3, -0.25) is 4.98 Å². The Labute approximate surface area is 152 Å². The number of aliphatic hydroxyl groups is 1. The Bertz CT molecular complexity index is 698. The van der Waals surface area contributed by atoms with Gasteiger partial charge in [-0.2, -0.15) is 13.2 Å². The Morgan fingerprint density at radius 1 is 1.25 bits per heavy atom. The van der Waals surface area contributed by atoms with Crippen LogP contribution in [0.15, 0.2) is 34.8 Å². The molecule has 0 fully saturated rings. The first-order valence-electron chi connectivity index (χ1n) is 7.06. The van der Waals surface area contributed by atoms with Crippen LogP contribution < -0.4 is 0 Å². The van der Waals surface area contributed by atoms with Crippen LogP contribution in [0.4, 0.5) is 13.2 Å². The van der Waals surface area contributed by atoms with Crippen LogP contribution in [0.1, 0.15) is 31.2 Å². The van der Waals surface area contributed by atoms with Crippen molar-refractivity contribution in [1.29, 1.82) is 0 Å².